The number of fused-ring (bicyclic) bond motifs is 1. The number of carbonyl (C=O) groups excluding carboxylic acids is 2. The highest BCUT2D eigenvalue weighted by Gasteiger charge is 2.41. The van der Waals surface area contributed by atoms with Crippen LogP contribution in [0.5, 0.6) is 40.2 Å². The SMILES string of the molecule is C=C(C)CC(c1ccc(O)cc1O)C(C(=O)c1ccc(O)cc1O)C(C)c1ccc(O)c(C2Oc3cc(O)ccc3C(=O)C2O)c1. The summed E-state index contributed by atoms with van der Waals surface area (Å²) in [6, 6.07) is 16.0. The van der Waals surface area contributed by atoms with Crippen molar-refractivity contribution in [3.05, 3.63) is 113 Å². The Morgan fingerprint density at radius 1 is 0.826 bits per heavy atom. The van der Waals surface area contributed by atoms with E-state index in [2.05, 4.69) is 6.58 Å². The molecule has 0 aliphatic carbocycles. The largest absolute Gasteiger partial charge is 0.508 e. The zero-order valence-corrected chi connectivity index (χ0v) is 25.1. The number of hydrogen-bond donors (Lipinski definition) is 7. The highest BCUT2D eigenvalue weighted by Crippen LogP contribution is 2.47. The van der Waals surface area contributed by atoms with Crippen LogP contribution in [0, 0.1) is 5.92 Å². The summed E-state index contributed by atoms with van der Waals surface area (Å²) in [6.45, 7) is 7.53. The smallest absolute Gasteiger partial charge is 0.199 e. The van der Waals surface area contributed by atoms with Crippen LogP contribution in [-0.2, 0) is 0 Å². The van der Waals surface area contributed by atoms with Crippen molar-refractivity contribution in [2.24, 2.45) is 5.92 Å². The van der Waals surface area contributed by atoms with Gasteiger partial charge < -0.3 is 40.5 Å². The second-order valence-electron chi connectivity index (χ2n) is 11.7. The Balaban J connectivity index is 1.64. The van der Waals surface area contributed by atoms with Crippen LogP contribution in [0.2, 0.25) is 0 Å². The van der Waals surface area contributed by atoms with Crippen molar-refractivity contribution in [1.29, 1.82) is 0 Å². The molecular formula is C36H34O10. The molecule has 10 nitrogen and oxygen atoms in total. The maximum absolute atomic E-state index is 14.4. The Morgan fingerprint density at radius 3 is 2.11 bits per heavy atom. The number of aliphatic hydroxyl groups is 1. The number of Topliss-reactive ketones (excluding diaryl/α,β-unsaturated/α-hetero) is 2. The predicted octanol–water partition coefficient (Wildman–Crippen LogP) is 5.95. The fourth-order valence-electron chi connectivity index (χ4n) is 6.15. The van der Waals surface area contributed by atoms with Gasteiger partial charge in [0.25, 0.3) is 0 Å². The van der Waals surface area contributed by atoms with Crippen LogP contribution in [0.1, 0.15) is 75.6 Å². The molecule has 0 saturated carbocycles. The molecule has 1 heterocycles. The number of phenols is 6. The molecule has 0 radical (unpaired) electrons. The number of rotatable bonds is 9. The van der Waals surface area contributed by atoms with Crippen LogP contribution >= 0.6 is 0 Å². The van der Waals surface area contributed by atoms with E-state index < -0.39 is 47.3 Å². The monoisotopic (exact) mass is 626 g/mol. The van der Waals surface area contributed by atoms with Crippen molar-refractivity contribution < 1.29 is 50.1 Å². The fraction of sp³-hybridized carbons (Fsp3) is 0.222. The third kappa shape index (κ3) is 6.07. The van der Waals surface area contributed by atoms with Crippen LogP contribution in [0.15, 0.2) is 84.9 Å². The summed E-state index contributed by atoms with van der Waals surface area (Å²) in [5, 5.41) is 73.2. The molecule has 5 atom stereocenters. The molecule has 4 aromatic rings. The summed E-state index contributed by atoms with van der Waals surface area (Å²) < 4.78 is 5.91. The molecule has 7 N–H and O–H groups in total. The van der Waals surface area contributed by atoms with Gasteiger partial charge in [0, 0.05) is 35.6 Å². The second kappa shape index (κ2) is 12.5. The van der Waals surface area contributed by atoms with Gasteiger partial charge in [0.1, 0.15) is 40.2 Å². The van der Waals surface area contributed by atoms with Gasteiger partial charge in [0.2, 0.25) is 0 Å². The van der Waals surface area contributed by atoms with E-state index in [0.717, 1.165) is 12.1 Å². The molecule has 10 heteroatoms. The van der Waals surface area contributed by atoms with Crippen LogP contribution < -0.4 is 4.74 Å². The number of ether oxygens (including phenoxy) is 1. The lowest BCUT2D eigenvalue weighted by Gasteiger charge is -2.34. The van der Waals surface area contributed by atoms with Crippen LogP contribution in [0.25, 0.3) is 0 Å². The fourth-order valence-corrected chi connectivity index (χ4v) is 6.15. The zero-order valence-electron chi connectivity index (χ0n) is 25.1. The molecule has 0 aromatic heterocycles. The average Bonchev–Trinajstić information content (AvgIpc) is 2.98. The van der Waals surface area contributed by atoms with Crippen molar-refractivity contribution in [3.63, 3.8) is 0 Å². The van der Waals surface area contributed by atoms with Gasteiger partial charge in [-0.2, -0.15) is 0 Å². The zero-order chi connectivity index (χ0) is 33.4. The van der Waals surface area contributed by atoms with E-state index in [4.69, 9.17) is 4.74 Å². The topological polar surface area (TPSA) is 185 Å². The summed E-state index contributed by atoms with van der Waals surface area (Å²) in [7, 11) is 0. The van der Waals surface area contributed by atoms with Gasteiger partial charge in [-0.15, -0.1) is 6.58 Å². The van der Waals surface area contributed by atoms with Gasteiger partial charge in [-0.25, -0.2) is 0 Å². The Bertz CT molecular complexity index is 1840. The summed E-state index contributed by atoms with van der Waals surface area (Å²) >= 11 is 0. The Kier molecular flexibility index (Phi) is 8.67. The minimum absolute atomic E-state index is 0.0262. The summed E-state index contributed by atoms with van der Waals surface area (Å²) in [4.78, 5) is 27.4. The lowest BCUT2D eigenvalue weighted by atomic mass is 9.69. The molecule has 0 bridgehead atoms. The highest BCUT2D eigenvalue weighted by atomic mass is 16.5. The maximum atomic E-state index is 14.4. The average molecular weight is 627 g/mol. The standard InChI is InChI=1S/C36H34O10/c1-17(2)12-26(23-8-5-20(37)14-29(23)41)32(33(43)24-9-6-21(38)15-30(24)42)18(3)19-4-11-28(40)27(13-19)36-35(45)34(44)25-10-7-22(39)16-31(25)46-36/h4-11,13-16,18,26,32,35-42,45H,1,12H2,2-3H3. The van der Waals surface area contributed by atoms with Crippen molar-refractivity contribution in [2.45, 2.75) is 44.3 Å². The lowest BCUT2D eigenvalue weighted by Crippen LogP contribution is -2.36. The van der Waals surface area contributed by atoms with E-state index in [9.17, 15) is 45.3 Å². The van der Waals surface area contributed by atoms with Gasteiger partial charge in [0.15, 0.2) is 23.8 Å². The predicted molar refractivity (Wildman–Crippen MR) is 168 cm³/mol. The second-order valence-corrected chi connectivity index (χ2v) is 11.7. The van der Waals surface area contributed by atoms with E-state index in [0.29, 0.717) is 16.7 Å². The molecule has 46 heavy (non-hydrogen) atoms. The minimum Gasteiger partial charge on any atom is -0.508 e. The third-order valence-corrected chi connectivity index (χ3v) is 8.43. The quantitative estimate of drug-likeness (QED) is 0.0865. The molecule has 0 fully saturated rings. The Morgan fingerprint density at radius 2 is 1.46 bits per heavy atom. The van der Waals surface area contributed by atoms with Crippen LogP contribution in [0.3, 0.4) is 0 Å². The molecular weight excluding hydrogens is 592 g/mol. The summed E-state index contributed by atoms with van der Waals surface area (Å²) in [6.07, 6.45) is -2.82. The first-order chi connectivity index (χ1) is 21.8. The number of hydrogen-bond acceptors (Lipinski definition) is 10. The van der Waals surface area contributed by atoms with Crippen LogP contribution in [0.4, 0.5) is 0 Å². The summed E-state index contributed by atoms with van der Waals surface area (Å²) in [5.41, 5.74) is 1.56. The lowest BCUT2D eigenvalue weighted by molar-refractivity contribution is 0.0207. The number of aliphatic hydroxyl groups excluding tert-OH is 1. The van der Waals surface area contributed by atoms with Gasteiger partial charge in [-0.3, -0.25) is 9.59 Å². The Labute approximate surface area is 264 Å². The first kappa shape index (κ1) is 31.9. The summed E-state index contributed by atoms with van der Waals surface area (Å²) in [5.74, 6) is -5.17. The highest BCUT2D eigenvalue weighted by molar-refractivity contribution is 6.03. The number of allylic oxidation sites excluding steroid dienone is 1. The van der Waals surface area contributed by atoms with Crippen molar-refractivity contribution in [1.82, 2.24) is 0 Å². The first-order valence-electron chi connectivity index (χ1n) is 14.5. The molecule has 0 amide bonds. The molecule has 1 aliphatic heterocycles. The normalized spacial score (nSPS) is 17.8. The van der Waals surface area contributed by atoms with Gasteiger partial charge in [-0.1, -0.05) is 24.6 Å². The minimum atomic E-state index is -1.69. The molecule has 0 saturated heterocycles. The molecule has 5 unspecified atom stereocenters. The van der Waals surface area contributed by atoms with E-state index >= 15 is 0 Å². The third-order valence-electron chi connectivity index (χ3n) is 8.43. The molecule has 1 aliphatic rings. The van der Waals surface area contributed by atoms with Gasteiger partial charge in [-0.05, 0) is 72.9 Å². The van der Waals surface area contributed by atoms with Crippen LogP contribution in [-0.4, -0.2) is 53.4 Å². The first-order valence-corrected chi connectivity index (χ1v) is 14.5. The van der Waals surface area contributed by atoms with E-state index in [1.807, 2.05) is 0 Å². The molecule has 0 spiro atoms. The van der Waals surface area contributed by atoms with E-state index in [1.54, 1.807) is 19.9 Å². The van der Waals surface area contributed by atoms with Crippen molar-refractivity contribution in [3.8, 4) is 40.2 Å². The van der Waals surface area contributed by atoms with Crippen molar-refractivity contribution in [2.75, 3.05) is 0 Å². The van der Waals surface area contributed by atoms with Gasteiger partial charge in [0.05, 0.1) is 11.1 Å². The van der Waals surface area contributed by atoms with Gasteiger partial charge >= 0.3 is 0 Å². The number of ketones is 2. The van der Waals surface area contributed by atoms with Crippen molar-refractivity contribution >= 4 is 11.6 Å². The number of benzene rings is 4. The molecule has 5 rings (SSSR count). The molecule has 4 aromatic carbocycles. The number of carbonyl (C=O) groups is 2. The van der Waals surface area contributed by atoms with E-state index in [-0.39, 0.29) is 57.6 Å². The van der Waals surface area contributed by atoms with E-state index in [1.165, 1.54) is 54.6 Å². The Hall–Kier alpha value is -5.48. The maximum Gasteiger partial charge on any atom is 0.199 e. The number of aromatic hydroxyl groups is 6. The number of phenolic OH excluding ortho intramolecular Hbond substituents is 6. The molecule has 238 valence electrons.